The first-order valence-corrected chi connectivity index (χ1v) is 9.20. The summed E-state index contributed by atoms with van der Waals surface area (Å²) in [6.45, 7) is 5.98. The highest BCUT2D eigenvalue weighted by Crippen LogP contribution is 2.19. The summed E-state index contributed by atoms with van der Waals surface area (Å²) in [6, 6.07) is 12.4. The zero-order valence-electron chi connectivity index (χ0n) is 14.2. The van der Waals surface area contributed by atoms with Crippen molar-refractivity contribution in [3.8, 4) is 0 Å². The summed E-state index contributed by atoms with van der Waals surface area (Å²) < 4.78 is 14.1. The molecule has 2 N–H and O–H groups in total. The van der Waals surface area contributed by atoms with Gasteiger partial charge in [-0.05, 0) is 55.0 Å². The molecule has 2 aromatic carbocycles. The summed E-state index contributed by atoms with van der Waals surface area (Å²) in [5, 5.41) is 2.97. The molecule has 1 aliphatic heterocycles. The van der Waals surface area contributed by atoms with Gasteiger partial charge in [-0.1, -0.05) is 15.9 Å². The molecular formula is C19H22BrFN3O+. The van der Waals surface area contributed by atoms with E-state index in [1.54, 1.807) is 0 Å². The first-order valence-electron chi connectivity index (χ1n) is 8.41. The molecular weight excluding hydrogens is 385 g/mol. The molecule has 0 saturated carbocycles. The molecule has 1 aliphatic rings. The summed E-state index contributed by atoms with van der Waals surface area (Å²) in [5.74, 6) is -0.181. The molecule has 0 unspecified atom stereocenters. The van der Waals surface area contributed by atoms with Crippen molar-refractivity contribution in [2.75, 3.05) is 42.9 Å². The van der Waals surface area contributed by atoms with E-state index < -0.39 is 0 Å². The lowest BCUT2D eigenvalue weighted by atomic mass is 10.2. The number of quaternary nitrogens is 1. The number of nitrogens with one attached hydrogen (secondary N) is 2. The van der Waals surface area contributed by atoms with E-state index in [1.807, 2.05) is 37.3 Å². The molecule has 2 aromatic rings. The van der Waals surface area contributed by atoms with Crippen molar-refractivity contribution in [3.05, 3.63) is 58.3 Å². The number of halogens is 2. The number of nitrogens with zero attached hydrogens (tertiary/aromatic N) is 1. The Morgan fingerprint density at radius 1 is 1.20 bits per heavy atom. The van der Waals surface area contributed by atoms with E-state index in [4.69, 9.17) is 0 Å². The molecule has 25 heavy (non-hydrogen) atoms. The summed E-state index contributed by atoms with van der Waals surface area (Å²) in [4.78, 5) is 15.8. The lowest BCUT2D eigenvalue weighted by molar-refractivity contribution is -0.892. The average molecular weight is 407 g/mol. The van der Waals surface area contributed by atoms with Crippen molar-refractivity contribution in [3.63, 3.8) is 0 Å². The molecule has 1 saturated heterocycles. The van der Waals surface area contributed by atoms with Crippen LogP contribution in [0.15, 0.2) is 46.9 Å². The maximum atomic E-state index is 13.0. The number of benzene rings is 2. The highest BCUT2D eigenvalue weighted by Gasteiger charge is 2.22. The van der Waals surface area contributed by atoms with E-state index in [-0.39, 0.29) is 11.7 Å². The zero-order valence-corrected chi connectivity index (χ0v) is 15.8. The predicted molar refractivity (Wildman–Crippen MR) is 102 cm³/mol. The second kappa shape index (κ2) is 7.97. The monoisotopic (exact) mass is 406 g/mol. The zero-order chi connectivity index (χ0) is 17.8. The lowest BCUT2D eigenvalue weighted by Gasteiger charge is -2.33. The Morgan fingerprint density at radius 3 is 2.52 bits per heavy atom. The predicted octanol–water partition coefficient (Wildman–Crippen LogP) is 2.24. The Balaban J connectivity index is 1.49. The fourth-order valence-electron chi connectivity index (χ4n) is 3.06. The number of aryl methyl sites for hydroxylation is 1. The van der Waals surface area contributed by atoms with Crippen LogP contribution >= 0.6 is 15.9 Å². The van der Waals surface area contributed by atoms with Crippen molar-refractivity contribution in [1.29, 1.82) is 0 Å². The van der Waals surface area contributed by atoms with Gasteiger partial charge < -0.3 is 15.1 Å². The quantitative estimate of drug-likeness (QED) is 0.816. The van der Waals surface area contributed by atoms with Crippen molar-refractivity contribution in [1.82, 2.24) is 0 Å². The minimum atomic E-state index is -0.215. The van der Waals surface area contributed by atoms with Crippen molar-refractivity contribution >= 4 is 33.2 Å². The van der Waals surface area contributed by atoms with Gasteiger partial charge in [0.05, 0.1) is 26.2 Å². The summed E-state index contributed by atoms with van der Waals surface area (Å²) >= 11 is 3.46. The minimum absolute atomic E-state index is 0.0342. The average Bonchev–Trinajstić information content (AvgIpc) is 2.60. The third-order valence-electron chi connectivity index (χ3n) is 4.51. The molecule has 0 aliphatic carbocycles. The fraction of sp³-hybridized carbons (Fsp3) is 0.316. The molecule has 0 radical (unpaired) electrons. The van der Waals surface area contributed by atoms with Gasteiger partial charge in [-0.3, -0.25) is 4.79 Å². The topological polar surface area (TPSA) is 36.8 Å². The van der Waals surface area contributed by atoms with Crippen molar-refractivity contribution in [2.24, 2.45) is 0 Å². The van der Waals surface area contributed by atoms with Gasteiger partial charge in [-0.15, -0.1) is 0 Å². The molecule has 0 bridgehead atoms. The highest BCUT2D eigenvalue weighted by atomic mass is 79.9. The van der Waals surface area contributed by atoms with Gasteiger partial charge in [-0.25, -0.2) is 4.39 Å². The Hall–Kier alpha value is -1.92. The summed E-state index contributed by atoms with van der Waals surface area (Å²) in [7, 11) is 0. The number of piperazine rings is 1. The van der Waals surface area contributed by atoms with E-state index in [0.717, 1.165) is 47.6 Å². The highest BCUT2D eigenvalue weighted by molar-refractivity contribution is 9.10. The third-order valence-corrected chi connectivity index (χ3v) is 5.40. The normalized spacial score (nSPS) is 15.2. The Kier molecular flexibility index (Phi) is 5.71. The standard InChI is InChI=1S/C19H21BrFN3O/c1-14-12-16(4-7-18(14)20)22-19(25)13-23-8-10-24(11-9-23)17-5-2-15(21)3-6-17/h2-7,12H,8-11,13H2,1H3,(H,22,25)/p+1. The van der Waals surface area contributed by atoms with Gasteiger partial charge in [0.2, 0.25) is 0 Å². The number of anilines is 2. The number of hydrogen-bond donors (Lipinski definition) is 2. The number of carbonyl (C=O) groups excluding carboxylic acids is 1. The van der Waals surface area contributed by atoms with Gasteiger partial charge >= 0.3 is 0 Å². The van der Waals surface area contributed by atoms with Crippen LogP contribution in [0.5, 0.6) is 0 Å². The van der Waals surface area contributed by atoms with Gasteiger partial charge in [0, 0.05) is 15.8 Å². The number of carbonyl (C=O) groups is 1. The number of hydrogen-bond acceptors (Lipinski definition) is 2. The van der Waals surface area contributed by atoms with E-state index in [0.29, 0.717) is 6.54 Å². The second-order valence-corrected chi connectivity index (χ2v) is 7.26. The van der Waals surface area contributed by atoms with E-state index >= 15 is 0 Å². The van der Waals surface area contributed by atoms with E-state index in [1.165, 1.54) is 17.0 Å². The van der Waals surface area contributed by atoms with Crippen molar-refractivity contribution < 1.29 is 14.1 Å². The van der Waals surface area contributed by atoms with Gasteiger partial charge in [-0.2, -0.15) is 0 Å². The van der Waals surface area contributed by atoms with Gasteiger partial charge in [0.25, 0.3) is 5.91 Å². The summed E-state index contributed by atoms with van der Waals surface area (Å²) in [5.41, 5.74) is 2.96. The molecule has 1 heterocycles. The van der Waals surface area contributed by atoms with Crippen LogP contribution in [-0.4, -0.2) is 38.6 Å². The van der Waals surface area contributed by atoms with Crippen molar-refractivity contribution in [2.45, 2.75) is 6.92 Å². The van der Waals surface area contributed by atoms with Crippen LogP contribution in [0.4, 0.5) is 15.8 Å². The SMILES string of the molecule is Cc1cc(NC(=O)C[NH+]2CCN(c3ccc(F)cc3)CC2)ccc1Br. The fourth-order valence-corrected chi connectivity index (χ4v) is 3.31. The first kappa shape index (κ1) is 17.9. The molecule has 0 atom stereocenters. The molecule has 4 nitrogen and oxygen atoms in total. The number of rotatable bonds is 4. The van der Waals surface area contributed by atoms with Gasteiger partial charge in [0.1, 0.15) is 5.82 Å². The maximum Gasteiger partial charge on any atom is 0.279 e. The molecule has 6 heteroatoms. The van der Waals surface area contributed by atoms with E-state index in [9.17, 15) is 9.18 Å². The van der Waals surface area contributed by atoms with Crippen LogP contribution in [0.2, 0.25) is 0 Å². The second-order valence-electron chi connectivity index (χ2n) is 6.40. The Labute approximate surface area is 155 Å². The van der Waals surface area contributed by atoms with Crippen LogP contribution in [0.3, 0.4) is 0 Å². The minimum Gasteiger partial charge on any atom is -0.360 e. The third kappa shape index (κ3) is 4.80. The maximum absolute atomic E-state index is 13.0. The molecule has 132 valence electrons. The Morgan fingerprint density at radius 2 is 1.88 bits per heavy atom. The Bertz CT molecular complexity index is 743. The summed E-state index contributed by atoms with van der Waals surface area (Å²) in [6.07, 6.45) is 0. The van der Waals surface area contributed by atoms with Crippen LogP contribution in [0.25, 0.3) is 0 Å². The first-order chi connectivity index (χ1) is 12.0. The molecule has 3 rings (SSSR count). The van der Waals surface area contributed by atoms with Crippen LogP contribution in [0, 0.1) is 12.7 Å². The molecule has 1 fully saturated rings. The molecule has 0 aromatic heterocycles. The van der Waals surface area contributed by atoms with Gasteiger partial charge in [0.15, 0.2) is 6.54 Å². The van der Waals surface area contributed by atoms with Crippen LogP contribution in [0.1, 0.15) is 5.56 Å². The number of amides is 1. The largest absolute Gasteiger partial charge is 0.360 e. The molecule has 1 amide bonds. The smallest absolute Gasteiger partial charge is 0.279 e. The molecule has 0 spiro atoms. The van der Waals surface area contributed by atoms with Crippen LogP contribution in [-0.2, 0) is 4.79 Å². The lowest BCUT2D eigenvalue weighted by Crippen LogP contribution is -3.15. The van der Waals surface area contributed by atoms with Crippen LogP contribution < -0.4 is 15.1 Å². The van der Waals surface area contributed by atoms with E-state index in [2.05, 4.69) is 26.1 Å².